The quantitative estimate of drug-likeness (QED) is 0.455. The van der Waals surface area contributed by atoms with Crippen molar-refractivity contribution in [2.24, 2.45) is 0 Å². The van der Waals surface area contributed by atoms with Crippen molar-refractivity contribution in [1.82, 2.24) is 29.0 Å². The van der Waals surface area contributed by atoms with Gasteiger partial charge in [0.25, 0.3) is 0 Å². The standard InChI is InChI=1S/C27H34N6O3/c1-17(2)21-14-24-23(13-22(21)18-12-25(35-3)26-28-16-29-32(26)15-18)30-27(34)33(24)20-4-8-31(9-5-20)19-6-10-36-11-7-19/h12-17,19-20H,4-11H2,1-3H3,(H,30,34). The molecule has 0 aliphatic carbocycles. The normalized spacial score (nSPS) is 18.6. The predicted molar refractivity (Wildman–Crippen MR) is 139 cm³/mol. The summed E-state index contributed by atoms with van der Waals surface area (Å²) in [4.78, 5) is 23.3. The molecule has 2 saturated heterocycles. The summed E-state index contributed by atoms with van der Waals surface area (Å²) in [7, 11) is 1.64. The lowest BCUT2D eigenvalue weighted by Crippen LogP contribution is -2.45. The number of benzene rings is 1. The van der Waals surface area contributed by atoms with E-state index in [1.54, 1.807) is 11.6 Å². The van der Waals surface area contributed by atoms with Gasteiger partial charge in [-0.25, -0.2) is 14.3 Å². The van der Waals surface area contributed by atoms with Crippen LogP contribution in [0.1, 0.15) is 57.1 Å². The van der Waals surface area contributed by atoms with Crippen LogP contribution in [0.2, 0.25) is 0 Å². The highest BCUT2D eigenvalue weighted by Gasteiger charge is 2.29. The van der Waals surface area contributed by atoms with E-state index in [2.05, 4.69) is 45.9 Å². The van der Waals surface area contributed by atoms with Gasteiger partial charge in [0.2, 0.25) is 0 Å². The van der Waals surface area contributed by atoms with E-state index in [1.807, 2.05) is 16.8 Å². The molecule has 1 N–H and O–H groups in total. The first-order valence-electron chi connectivity index (χ1n) is 13.0. The fraction of sp³-hybridized carbons (Fsp3) is 0.519. The second kappa shape index (κ2) is 9.37. The van der Waals surface area contributed by atoms with E-state index in [4.69, 9.17) is 9.47 Å². The highest BCUT2D eigenvalue weighted by molar-refractivity contribution is 5.85. The van der Waals surface area contributed by atoms with Crippen LogP contribution < -0.4 is 10.4 Å². The number of imidazole rings is 1. The molecule has 2 fully saturated rings. The van der Waals surface area contributed by atoms with Crippen LogP contribution >= 0.6 is 0 Å². The number of aromatic amines is 1. The Labute approximate surface area is 210 Å². The van der Waals surface area contributed by atoms with Crippen LogP contribution in [0.25, 0.3) is 27.8 Å². The fourth-order valence-corrected chi connectivity index (χ4v) is 6.03. The van der Waals surface area contributed by atoms with Crippen LogP contribution in [0.15, 0.2) is 35.5 Å². The Bertz CT molecular complexity index is 1440. The lowest BCUT2D eigenvalue weighted by molar-refractivity contribution is 0.0220. The molecule has 4 aromatic rings. The lowest BCUT2D eigenvalue weighted by atomic mass is 9.92. The van der Waals surface area contributed by atoms with Gasteiger partial charge in [-0.05, 0) is 60.9 Å². The minimum Gasteiger partial charge on any atom is -0.493 e. The molecule has 0 radical (unpaired) electrons. The Hall–Kier alpha value is -3.17. The van der Waals surface area contributed by atoms with Crippen molar-refractivity contribution in [1.29, 1.82) is 0 Å². The van der Waals surface area contributed by atoms with Gasteiger partial charge in [-0.2, -0.15) is 5.10 Å². The van der Waals surface area contributed by atoms with Gasteiger partial charge in [-0.3, -0.25) is 4.57 Å². The van der Waals surface area contributed by atoms with Crippen LogP contribution in [0.3, 0.4) is 0 Å². The van der Waals surface area contributed by atoms with Crippen LogP contribution in [0.4, 0.5) is 0 Å². The summed E-state index contributed by atoms with van der Waals surface area (Å²) in [5.41, 5.74) is 5.75. The Morgan fingerprint density at radius 1 is 1.08 bits per heavy atom. The van der Waals surface area contributed by atoms with E-state index in [9.17, 15) is 4.79 Å². The minimum atomic E-state index is -0.0225. The molecule has 0 amide bonds. The SMILES string of the molecule is COc1cc(-c2cc3[nH]c(=O)n(C4CCN(C5CCOCC5)CC4)c3cc2C(C)C)cn2ncnc12. The van der Waals surface area contributed by atoms with Crippen molar-refractivity contribution in [3.63, 3.8) is 0 Å². The number of nitrogens with zero attached hydrogens (tertiary/aromatic N) is 5. The van der Waals surface area contributed by atoms with Crippen molar-refractivity contribution >= 4 is 16.7 Å². The molecule has 2 aliphatic rings. The number of piperidine rings is 1. The number of hydrogen-bond acceptors (Lipinski definition) is 6. The van der Waals surface area contributed by atoms with Crippen molar-refractivity contribution < 1.29 is 9.47 Å². The molecule has 0 atom stereocenters. The molecule has 0 saturated carbocycles. The second-order valence-electron chi connectivity index (χ2n) is 10.3. The maximum Gasteiger partial charge on any atom is 0.326 e. The van der Waals surface area contributed by atoms with E-state index in [-0.39, 0.29) is 17.6 Å². The monoisotopic (exact) mass is 490 g/mol. The molecule has 190 valence electrons. The average molecular weight is 491 g/mol. The molecule has 36 heavy (non-hydrogen) atoms. The highest BCUT2D eigenvalue weighted by atomic mass is 16.5. The van der Waals surface area contributed by atoms with Gasteiger partial charge in [-0.15, -0.1) is 0 Å². The summed E-state index contributed by atoms with van der Waals surface area (Å²) in [5.74, 6) is 0.942. The third kappa shape index (κ3) is 4.00. The van der Waals surface area contributed by atoms with E-state index in [0.717, 1.165) is 74.1 Å². The first-order chi connectivity index (χ1) is 17.5. The van der Waals surface area contributed by atoms with E-state index >= 15 is 0 Å². The molecule has 1 aromatic carbocycles. The number of rotatable bonds is 5. The van der Waals surface area contributed by atoms with Crippen molar-refractivity contribution in [2.45, 2.75) is 57.5 Å². The molecule has 9 nitrogen and oxygen atoms in total. The summed E-state index contributed by atoms with van der Waals surface area (Å²) in [6.45, 7) is 8.17. The first kappa shape index (κ1) is 23.2. The third-order valence-electron chi connectivity index (χ3n) is 7.95. The number of ether oxygens (including phenoxy) is 2. The summed E-state index contributed by atoms with van der Waals surface area (Å²) >= 11 is 0. The topological polar surface area (TPSA) is 89.7 Å². The lowest BCUT2D eigenvalue weighted by Gasteiger charge is -2.39. The molecule has 5 heterocycles. The number of hydrogen-bond donors (Lipinski definition) is 1. The third-order valence-corrected chi connectivity index (χ3v) is 7.95. The van der Waals surface area contributed by atoms with Gasteiger partial charge in [0.1, 0.15) is 6.33 Å². The van der Waals surface area contributed by atoms with Crippen LogP contribution in [0.5, 0.6) is 5.75 Å². The predicted octanol–water partition coefficient (Wildman–Crippen LogP) is 3.99. The maximum atomic E-state index is 13.2. The smallest absolute Gasteiger partial charge is 0.326 e. The molecule has 9 heteroatoms. The fourth-order valence-electron chi connectivity index (χ4n) is 6.03. The Morgan fingerprint density at radius 3 is 2.58 bits per heavy atom. The molecule has 0 spiro atoms. The zero-order valence-electron chi connectivity index (χ0n) is 21.2. The number of fused-ring (bicyclic) bond motifs is 2. The number of aromatic nitrogens is 5. The van der Waals surface area contributed by atoms with Crippen molar-refractivity contribution in [2.75, 3.05) is 33.4 Å². The summed E-state index contributed by atoms with van der Waals surface area (Å²) < 4.78 is 14.9. The van der Waals surface area contributed by atoms with Crippen LogP contribution in [-0.2, 0) is 4.74 Å². The molecular weight excluding hydrogens is 456 g/mol. The highest BCUT2D eigenvalue weighted by Crippen LogP contribution is 2.36. The molecule has 2 aliphatic heterocycles. The summed E-state index contributed by atoms with van der Waals surface area (Å²) in [6.07, 6.45) is 7.71. The maximum absolute atomic E-state index is 13.2. The van der Waals surface area contributed by atoms with Crippen molar-refractivity contribution in [3.8, 4) is 16.9 Å². The molecule has 0 bridgehead atoms. The number of pyridine rings is 1. The van der Waals surface area contributed by atoms with E-state index in [0.29, 0.717) is 17.4 Å². The zero-order chi connectivity index (χ0) is 24.8. The van der Waals surface area contributed by atoms with Gasteiger partial charge in [0, 0.05) is 50.1 Å². The average Bonchev–Trinajstić information content (AvgIpc) is 3.51. The van der Waals surface area contributed by atoms with Gasteiger partial charge < -0.3 is 19.4 Å². The number of H-pyrrole nitrogens is 1. The first-order valence-corrected chi connectivity index (χ1v) is 13.0. The number of likely N-dealkylation sites (tertiary alicyclic amines) is 1. The Morgan fingerprint density at radius 2 is 1.86 bits per heavy atom. The van der Waals surface area contributed by atoms with Crippen molar-refractivity contribution in [3.05, 3.63) is 46.8 Å². The van der Waals surface area contributed by atoms with Gasteiger partial charge in [-0.1, -0.05) is 13.8 Å². The Balaban J connectivity index is 1.37. The summed E-state index contributed by atoms with van der Waals surface area (Å²) in [6, 6.07) is 7.14. The van der Waals surface area contributed by atoms with Gasteiger partial charge >= 0.3 is 5.69 Å². The Kier molecular flexibility index (Phi) is 6.05. The molecular formula is C27H34N6O3. The summed E-state index contributed by atoms with van der Waals surface area (Å²) in [5, 5.41) is 4.32. The van der Waals surface area contributed by atoms with E-state index in [1.165, 1.54) is 11.9 Å². The second-order valence-corrected chi connectivity index (χ2v) is 10.3. The number of methoxy groups -OCH3 is 1. The minimum absolute atomic E-state index is 0.0225. The zero-order valence-corrected chi connectivity index (χ0v) is 21.2. The molecule has 3 aromatic heterocycles. The van der Waals surface area contributed by atoms with E-state index < -0.39 is 0 Å². The van der Waals surface area contributed by atoms with Gasteiger partial charge in [0.15, 0.2) is 11.4 Å². The number of nitrogens with one attached hydrogen (secondary N) is 1. The van der Waals surface area contributed by atoms with Crippen LogP contribution in [-0.4, -0.2) is 68.5 Å². The van der Waals surface area contributed by atoms with Crippen LogP contribution in [0, 0.1) is 0 Å². The molecule has 0 unspecified atom stereocenters. The van der Waals surface area contributed by atoms with Gasteiger partial charge in [0.05, 0.1) is 18.1 Å². The largest absolute Gasteiger partial charge is 0.493 e. The molecule has 6 rings (SSSR count).